The number of fused-ring (bicyclic) bond motifs is 5. The lowest BCUT2D eigenvalue weighted by Gasteiger charge is -2.63. The van der Waals surface area contributed by atoms with E-state index < -0.39 is 14.7 Å². The molecule has 0 N–H and O–H groups in total. The fraction of sp³-hybridized carbons (Fsp3) is 0.433. The Morgan fingerprint density at radius 1 is 1.05 bits per heavy atom. The number of hydrogen-bond donors (Lipinski definition) is 0. The maximum absolute atomic E-state index is 14.1. The molecular formula is C30H32N2O5S. The van der Waals surface area contributed by atoms with Crippen LogP contribution in [0.5, 0.6) is 11.5 Å². The van der Waals surface area contributed by atoms with Crippen molar-refractivity contribution in [3.8, 4) is 11.5 Å². The number of methoxy groups -OCH3 is 2. The van der Waals surface area contributed by atoms with Gasteiger partial charge < -0.3 is 14.4 Å². The van der Waals surface area contributed by atoms with Crippen LogP contribution >= 0.6 is 0 Å². The van der Waals surface area contributed by atoms with Gasteiger partial charge in [-0.2, -0.15) is 0 Å². The first-order chi connectivity index (χ1) is 18.4. The van der Waals surface area contributed by atoms with Gasteiger partial charge in [0, 0.05) is 24.2 Å². The van der Waals surface area contributed by atoms with Crippen LogP contribution in [-0.4, -0.2) is 67.6 Å². The van der Waals surface area contributed by atoms with Crippen LogP contribution in [0.3, 0.4) is 0 Å². The molecule has 3 aromatic rings. The topological polar surface area (TPSA) is 76.1 Å². The molecule has 3 fully saturated rings. The molecule has 38 heavy (non-hydrogen) atoms. The third-order valence-corrected chi connectivity index (χ3v) is 11.9. The van der Waals surface area contributed by atoms with Crippen molar-refractivity contribution in [1.82, 2.24) is 9.80 Å². The maximum Gasteiger partial charge on any atom is 0.240 e. The van der Waals surface area contributed by atoms with Gasteiger partial charge in [0.25, 0.3) is 0 Å². The van der Waals surface area contributed by atoms with Gasteiger partial charge in [0.2, 0.25) is 5.91 Å². The van der Waals surface area contributed by atoms with E-state index in [-0.39, 0.29) is 29.8 Å². The number of carbonyl (C=O) groups is 1. The summed E-state index contributed by atoms with van der Waals surface area (Å²) in [6.07, 6.45) is 2.86. The van der Waals surface area contributed by atoms with Gasteiger partial charge in [0.15, 0.2) is 9.84 Å². The molecule has 8 heteroatoms. The third-order valence-electron chi connectivity index (χ3n) is 9.44. The molecular weight excluding hydrogens is 500 g/mol. The fourth-order valence-corrected chi connectivity index (χ4v) is 10.0. The summed E-state index contributed by atoms with van der Waals surface area (Å²) in [5.41, 5.74) is 3.17. The summed E-state index contributed by atoms with van der Waals surface area (Å²) in [4.78, 5) is 16.9. The number of hydrogen-bond acceptors (Lipinski definition) is 6. The number of aryl methyl sites for hydroxylation is 1. The summed E-state index contributed by atoms with van der Waals surface area (Å²) in [5.74, 6) is 1.57. The highest BCUT2D eigenvalue weighted by molar-refractivity contribution is 7.92. The van der Waals surface area contributed by atoms with E-state index in [1.54, 1.807) is 14.2 Å². The largest absolute Gasteiger partial charge is 0.497 e. The Morgan fingerprint density at radius 2 is 1.87 bits per heavy atom. The Labute approximate surface area is 223 Å². The molecule has 4 atom stereocenters. The SMILES string of the molecule is COc1cc2c(c(OC)c1)C1C3CC4(S(=O)(=O)CCc5cccc6ccccc56)CCC(C(=O)N1CC2)N34. The summed E-state index contributed by atoms with van der Waals surface area (Å²) in [6.45, 7) is 0.633. The number of ether oxygens (including phenoxy) is 2. The number of piperazine rings is 1. The quantitative estimate of drug-likeness (QED) is 0.480. The number of nitrogens with zero attached hydrogens (tertiary/aromatic N) is 2. The van der Waals surface area contributed by atoms with Gasteiger partial charge in [-0.25, -0.2) is 8.42 Å². The Bertz CT molecular complexity index is 1550. The highest BCUT2D eigenvalue weighted by Gasteiger charge is 2.71. The lowest BCUT2D eigenvalue weighted by Crippen LogP contribution is -2.76. The summed E-state index contributed by atoms with van der Waals surface area (Å²) < 4.78 is 39.4. The first kappa shape index (κ1) is 24.0. The summed E-state index contributed by atoms with van der Waals surface area (Å²) >= 11 is 0. The molecule has 198 valence electrons. The van der Waals surface area contributed by atoms with Gasteiger partial charge in [0.05, 0.1) is 32.1 Å². The zero-order valence-corrected chi connectivity index (χ0v) is 22.5. The van der Waals surface area contributed by atoms with Crippen LogP contribution in [0.4, 0.5) is 0 Å². The van der Waals surface area contributed by atoms with E-state index in [2.05, 4.69) is 23.1 Å². The highest BCUT2D eigenvalue weighted by atomic mass is 32.2. The molecule has 1 amide bonds. The molecule has 0 saturated carbocycles. The molecule has 0 bridgehead atoms. The predicted octanol–water partition coefficient (Wildman–Crippen LogP) is 3.89. The Kier molecular flexibility index (Phi) is 5.33. The summed E-state index contributed by atoms with van der Waals surface area (Å²) in [5, 5.41) is 2.22. The Balaban J connectivity index is 1.22. The average molecular weight is 533 g/mol. The number of sulfone groups is 1. The molecule has 0 aliphatic carbocycles. The molecule has 4 unspecified atom stereocenters. The van der Waals surface area contributed by atoms with Gasteiger partial charge in [-0.3, -0.25) is 9.69 Å². The van der Waals surface area contributed by atoms with E-state index in [1.165, 1.54) is 0 Å². The number of rotatable bonds is 6. The first-order valence-electron chi connectivity index (χ1n) is 13.4. The van der Waals surface area contributed by atoms with Gasteiger partial charge in [-0.05, 0) is 60.1 Å². The van der Waals surface area contributed by atoms with Crippen LogP contribution < -0.4 is 9.47 Å². The predicted molar refractivity (Wildman–Crippen MR) is 145 cm³/mol. The second-order valence-corrected chi connectivity index (χ2v) is 13.4. The second-order valence-electron chi connectivity index (χ2n) is 11.0. The molecule has 4 heterocycles. The number of amides is 1. The monoisotopic (exact) mass is 532 g/mol. The van der Waals surface area contributed by atoms with Crippen LogP contribution in [0.2, 0.25) is 0 Å². The molecule has 0 radical (unpaired) electrons. The molecule has 7 nitrogen and oxygen atoms in total. The highest BCUT2D eigenvalue weighted by Crippen LogP contribution is 2.60. The Hall–Kier alpha value is -3.10. The fourth-order valence-electron chi connectivity index (χ4n) is 7.72. The van der Waals surface area contributed by atoms with E-state index >= 15 is 0 Å². The lowest BCUT2D eigenvalue weighted by atomic mass is 9.77. The van der Waals surface area contributed by atoms with Crippen molar-refractivity contribution >= 4 is 26.5 Å². The first-order valence-corrected chi connectivity index (χ1v) is 15.1. The van der Waals surface area contributed by atoms with Gasteiger partial charge >= 0.3 is 0 Å². The minimum Gasteiger partial charge on any atom is -0.497 e. The van der Waals surface area contributed by atoms with Crippen molar-refractivity contribution in [3.63, 3.8) is 0 Å². The molecule has 4 aliphatic rings. The van der Waals surface area contributed by atoms with E-state index in [0.717, 1.165) is 39.6 Å². The summed E-state index contributed by atoms with van der Waals surface area (Å²) in [6, 6.07) is 17.5. The van der Waals surface area contributed by atoms with Crippen LogP contribution in [0.25, 0.3) is 10.8 Å². The van der Waals surface area contributed by atoms with E-state index in [4.69, 9.17) is 9.47 Å². The van der Waals surface area contributed by atoms with Crippen molar-refractivity contribution in [1.29, 1.82) is 0 Å². The van der Waals surface area contributed by atoms with E-state index in [0.29, 0.717) is 38.0 Å². The van der Waals surface area contributed by atoms with Crippen molar-refractivity contribution in [2.45, 2.75) is 55.1 Å². The minimum absolute atomic E-state index is 0.0334. The Morgan fingerprint density at radius 3 is 2.68 bits per heavy atom. The van der Waals surface area contributed by atoms with Crippen LogP contribution in [0, 0.1) is 0 Å². The molecule has 7 rings (SSSR count). The smallest absolute Gasteiger partial charge is 0.240 e. The van der Waals surface area contributed by atoms with Crippen LogP contribution in [0.1, 0.15) is 42.0 Å². The van der Waals surface area contributed by atoms with Gasteiger partial charge in [0.1, 0.15) is 16.4 Å². The van der Waals surface area contributed by atoms with E-state index in [9.17, 15) is 13.2 Å². The molecule has 0 aromatic heterocycles. The van der Waals surface area contributed by atoms with Crippen molar-refractivity contribution in [2.75, 3.05) is 26.5 Å². The summed E-state index contributed by atoms with van der Waals surface area (Å²) in [7, 11) is -0.215. The average Bonchev–Trinajstić information content (AvgIpc) is 3.26. The normalized spacial score (nSPS) is 27.9. The molecule has 3 saturated heterocycles. The standard InChI is InChI=1S/C30H32N2O5S/c1-36-22-16-21-11-14-31-28(27(21)26(17-22)37-2)25-18-30(13-10-24(29(31)33)32(25)30)38(34,35)15-12-20-8-5-7-19-6-3-4-9-23(19)20/h3-9,16-17,24-25,28H,10-15,18H2,1-2H3. The van der Waals surface area contributed by atoms with Gasteiger partial charge in [-0.15, -0.1) is 0 Å². The zero-order valence-electron chi connectivity index (χ0n) is 21.7. The lowest BCUT2D eigenvalue weighted by molar-refractivity contribution is -0.165. The third kappa shape index (κ3) is 3.16. The van der Waals surface area contributed by atoms with Crippen LogP contribution in [0.15, 0.2) is 54.6 Å². The molecule has 3 aromatic carbocycles. The number of carbonyl (C=O) groups excluding carboxylic acids is 1. The van der Waals surface area contributed by atoms with E-state index in [1.807, 2.05) is 41.3 Å². The second kappa shape index (κ2) is 8.45. The van der Waals surface area contributed by atoms with Crippen molar-refractivity contribution in [2.24, 2.45) is 0 Å². The van der Waals surface area contributed by atoms with Crippen molar-refractivity contribution < 1.29 is 22.7 Å². The van der Waals surface area contributed by atoms with Crippen LogP contribution in [-0.2, 0) is 27.5 Å². The maximum atomic E-state index is 14.1. The minimum atomic E-state index is -3.49. The molecule has 4 aliphatic heterocycles. The molecule has 0 spiro atoms. The van der Waals surface area contributed by atoms with Gasteiger partial charge in [-0.1, -0.05) is 42.5 Å². The zero-order chi connectivity index (χ0) is 26.2. The number of benzene rings is 3. The van der Waals surface area contributed by atoms with Crippen molar-refractivity contribution in [3.05, 3.63) is 71.3 Å².